The summed E-state index contributed by atoms with van der Waals surface area (Å²) in [4.78, 5) is 78.1. The molecular weight excluding hydrogens is 759 g/mol. The molecule has 4 aliphatic rings. The van der Waals surface area contributed by atoms with Gasteiger partial charge in [-0.25, -0.2) is 4.98 Å². The van der Waals surface area contributed by atoms with E-state index in [0.29, 0.717) is 80.6 Å². The second-order valence-corrected chi connectivity index (χ2v) is 14.5. The molecule has 1 atom stereocenters. The third-order valence-electron chi connectivity index (χ3n) is 10.8. The van der Waals surface area contributed by atoms with E-state index in [2.05, 4.69) is 25.4 Å². The first-order chi connectivity index (χ1) is 27.8. The smallest absolute Gasteiger partial charge is 0.416 e. The van der Waals surface area contributed by atoms with E-state index in [0.717, 1.165) is 28.4 Å². The fourth-order valence-corrected chi connectivity index (χ4v) is 7.69. The third-order valence-corrected chi connectivity index (χ3v) is 10.8. The molecule has 0 spiro atoms. The number of carbonyl (C=O) groups is 5. The van der Waals surface area contributed by atoms with Gasteiger partial charge in [-0.1, -0.05) is 6.07 Å². The molecule has 58 heavy (non-hydrogen) atoms. The fourth-order valence-electron chi connectivity index (χ4n) is 7.69. The zero-order valence-corrected chi connectivity index (χ0v) is 31.3. The summed E-state index contributed by atoms with van der Waals surface area (Å²) in [6.07, 6.45) is -0.270. The number of rotatable bonds is 8. The Morgan fingerprint density at radius 3 is 2.36 bits per heavy atom. The Labute approximate surface area is 330 Å². The van der Waals surface area contributed by atoms with Crippen LogP contribution in [0.15, 0.2) is 67.0 Å². The number of hydrogen-bond acceptors (Lipinski definition) is 11. The molecule has 4 aromatic rings. The number of hydrogen-bond donors (Lipinski definition) is 2. The van der Waals surface area contributed by atoms with Gasteiger partial charge in [-0.3, -0.25) is 39.2 Å². The minimum Gasteiger partial charge on any atom is -0.473 e. The van der Waals surface area contributed by atoms with Crippen LogP contribution in [0.25, 0.3) is 11.1 Å². The van der Waals surface area contributed by atoms with Crippen molar-refractivity contribution in [2.24, 2.45) is 0 Å². The monoisotopic (exact) mass is 797 g/mol. The summed E-state index contributed by atoms with van der Waals surface area (Å²) in [5, 5.41) is 4.88. The topological polar surface area (TPSA) is 163 Å². The molecule has 0 radical (unpaired) electrons. The predicted molar refractivity (Wildman–Crippen MR) is 204 cm³/mol. The molecule has 17 heteroatoms. The number of ether oxygens (including phenoxy) is 2. The molecule has 300 valence electrons. The van der Waals surface area contributed by atoms with Crippen LogP contribution >= 0.6 is 0 Å². The van der Waals surface area contributed by atoms with Gasteiger partial charge in [0.05, 0.1) is 41.8 Å². The molecule has 8 rings (SSSR count). The van der Waals surface area contributed by atoms with Crippen LogP contribution in [0, 0.1) is 6.92 Å². The van der Waals surface area contributed by atoms with Crippen LogP contribution in [0.3, 0.4) is 0 Å². The number of nitrogens with zero attached hydrogens (tertiary/aromatic N) is 5. The summed E-state index contributed by atoms with van der Waals surface area (Å²) in [5.74, 6) is -2.46. The number of carbonyl (C=O) groups excluding carboxylic acids is 5. The van der Waals surface area contributed by atoms with E-state index in [1.807, 2.05) is 13.0 Å². The molecule has 2 N–H and O–H groups in total. The summed E-state index contributed by atoms with van der Waals surface area (Å²) < 4.78 is 52.0. The minimum atomic E-state index is -4.59. The average molecular weight is 798 g/mol. The summed E-state index contributed by atoms with van der Waals surface area (Å²) in [6, 6.07) is 11.9. The number of morpholine rings is 1. The summed E-state index contributed by atoms with van der Waals surface area (Å²) in [7, 11) is 0. The first-order valence-corrected chi connectivity index (χ1v) is 18.9. The minimum absolute atomic E-state index is 0.0447. The van der Waals surface area contributed by atoms with Crippen molar-refractivity contribution in [3.8, 4) is 17.0 Å². The molecule has 0 bridgehead atoms. The van der Waals surface area contributed by atoms with Gasteiger partial charge in [-0.05, 0) is 61.9 Å². The van der Waals surface area contributed by atoms with Crippen molar-refractivity contribution in [1.29, 1.82) is 0 Å². The quantitative estimate of drug-likeness (QED) is 0.231. The number of benzene rings is 2. The molecule has 0 aliphatic carbocycles. The first-order valence-electron chi connectivity index (χ1n) is 18.9. The van der Waals surface area contributed by atoms with Gasteiger partial charge < -0.3 is 24.6 Å². The van der Waals surface area contributed by atoms with E-state index in [1.165, 1.54) is 18.3 Å². The van der Waals surface area contributed by atoms with Crippen molar-refractivity contribution in [1.82, 2.24) is 20.2 Å². The molecule has 3 fully saturated rings. The van der Waals surface area contributed by atoms with Gasteiger partial charge in [0.1, 0.15) is 17.8 Å². The zero-order chi connectivity index (χ0) is 40.7. The summed E-state index contributed by atoms with van der Waals surface area (Å²) in [6.45, 7) is 5.23. The highest BCUT2D eigenvalue weighted by molar-refractivity contribution is 6.23. The second kappa shape index (κ2) is 15.5. The van der Waals surface area contributed by atoms with Crippen LogP contribution in [-0.4, -0.2) is 95.9 Å². The lowest BCUT2D eigenvalue weighted by Crippen LogP contribution is -2.54. The maximum absolute atomic E-state index is 13.4. The lowest BCUT2D eigenvalue weighted by Gasteiger charge is -2.35. The largest absolute Gasteiger partial charge is 0.473 e. The van der Waals surface area contributed by atoms with Gasteiger partial charge >= 0.3 is 6.18 Å². The number of piperidine rings is 2. The Kier molecular flexibility index (Phi) is 10.3. The van der Waals surface area contributed by atoms with Gasteiger partial charge in [-0.15, -0.1) is 0 Å². The Hall–Kier alpha value is -6.36. The third kappa shape index (κ3) is 7.68. The Morgan fingerprint density at radius 2 is 1.62 bits per heavy atom. The highest BCUT2D eigenvalue weighted by Crippen LogP contribution is 2.37. The normalized spacial score (nSPS) is 19.0. The fraction of sp³-hybridized carbons (Fsp3) is 0.341. The van der Waals surface area contributed by atoms with Crippen molar-refractivity contribution in [2.45, 2.75) is 50.9 Å². The van der Waals surface area contributed by atoms with Crippen molar-refractivity contribution < 1.29 is 46.6 Å². The SMILES string of the molecule is Cc1ncc(NC(=O)c2cccc(C(F)(F)F)c2)cc1-c1cnc(OC2CCN(c3ccc4c(c3)C(=O)N(C3CCC(=O)NC3=O)C4=O)CC2)c(N2CCOCC2)c1. The lowest BCUT2D eigenvalue weighted by atomic mass is 10.0. The number of fused-ring (bicyclic) bond motifs is 1. The average Bonchev–Trinajstić information content (AvgIpc) is 3.47. The predicted octanol–water partition coefficient (Wildman–Crippen LogP) is 5.01. The Balaban J connectivity index is 0.965. The van der Waals surface area contributed by atoms with Crippen LogP contribution in [0.5, 0.6) is 5.88 Å². The van der Waals surface area contributed by atoms with E-state index < -0.39 is 47.3 Å². The van der Waals surface area contributed by atoms with Crippen molar-refractivity contribution in [2.75, 3.05) is 54.5 Å². The number of amides is 5. The van der Waals surface area contributed by atoms with Crippen LogP contribution in [0.2, 0.25) is 0 Å². The molecule has 3 saturated heterocycles. The standard InChI is InChI=1S/C41H38F3N7O7/c1-23-31(19-27(22-45-23)47-36(53)24-3-2-4-26(17-24)41(42,43)44)25-18-34(50-13-15-57-16-14-50)38(46-21-25)58-29-9-11-49(12-10-29)28-5-6-30-32(20-28)40(56)51(39(30)55)33-7-8-35(52)48-37(33)54/h2-6,17-22,29,33H,7-16H2,1H3,(H,47,53)(H,48,52,54). The highest BCUT2D eigenvalue weighted by Gasteiger charge is 2.45. The van der Waals surface area contributed by atoms with Crippen molar-refractivity contribution >= 4 is 46.6 Å². The zero-order valence-electron chi connectivity index (χ0n) is 31.3. The second-order valence-electron chi connectivity index (χ2n) is 14.5. The van der Waals surface area contributed by atoms with Gasteiger partial charge in [0.2, 0.25) is 17.7 Å². The molecule has 2 aromatic heterocycles. The summed E-state index contributed by atoms with van der Waals surface area (Å²) in [5.41, 5.74) is 3.21. The maximum Gasteiger partial charge on any atom is 0.416 e. The van der Waals surface area contributed by atoms with Crippen LogP contribution in [0.1, 0.15) is 68.0 Å². The molecular formula is C41H38F3N7O7. The van der Waals surface area contributed by atoms with Gasteiger partial charge in [0.25, 0.3) is 17.7 Å². The molecule has 4 aliphatic heterocycles. The van der Waals surface area contributed by atoms with E-state index in [-0.39, 0.29) is 35.6 Å². The van der Waals surface area contributed by atoms with E-state index >= 15 is 0 Å². The lowest BCUT2D eigenvalue weighted by molar-refractivity contribution is -0.138. The number of halogens is 3. The van der Waals surface area contributed by atoms with Crippen LogP contribution in [0.4, 0.5) is 30.2 Å². The van der Waals surface area contributed by atoms with Gasteiger partial charge in [0, 0.05) is 79.7 Å². The Morgan fingerprint density at radius 1 is 0.862 bits per heavy atom. The van der Waals surface area contributed by atoms with Gasteiger partial charge in [0.15, 0.2) is 0 Å². The molecule has 1 unspecified atom stereocenters. The number of imide groups is 2. The molecule has 2 aromatic carbocycles. The van der Waals surface area contributed by atoms with E-state index in [1.54, 1.807) is 30.5 Å². The van der Waals surface area contributed by atoms with Crippen molar-refractivity contribution in [3.05, 3.63) is 94.9 Å². The van der Waals surface area contributed by atoms with E-state index in [4.69, 9.17) is 14.5 Å². The highest BCUT2D eigenvalue weighted by atomic mass is 19.4. The number of anilines is 3. The van der Waals surface area contributed by atoms with Crippen LogP contribution in [-0.2, 0) is 20.5 Å². The Bertz CT molecular complexity index is 2320. The molecule has 5 amide bonds. The number of aromatic nitrogens is 2. The van der Waals surface area contributed by atoms with Gasteiger partial charge in [-0.2, -0.15) is 13.2 Å². The molecule has 6 heterocycles. The van der Waals surface area contributed by atoms with E-state index in [9.17, 15) is 37.1 Å². The number of aryl methyl sites for hydroxylation is 1. The van der Waals surface area contributed by atoms with Crippen LogP contribution < -0.4 is 25.2 Å². The summed E-state index contributed by atoms with van der Waals surface area (Å²) >= 11 is 0. The number of nitrogens with one attached hydrogen (secondary N) is 2. The number of alkyl halides is 3. The first kappa shape index (κ1) is 38.5. The molecule has 0 saturated carbocycles. The molecule has 14 nitrogen and oxygen atoms in total. The van der Waals surface area contributed by atoms with Crippen molar-refractivity contribution in [3.63, 3.8) is 0 Å². The number of pyridine rings is 2. The maximum atomic E-state index is 13.4.